The minimum atomic E-state index is -0.456. The van der Waals surface area contributed by atoms with Crippen LogP contribution < -0.4 is 14.2 Å². The van der Waals surface area contributed by atoms with Crippen LogP contribution in [0.4, 0.5) is 0 Å². The van der Waals surface area contributed by atoms with Crippen LogP contribution in [0.3, 0.4) is 0 Å². The minimum Gasteiger partial charge on any atom is -0.493 e. The Labute approximate surface area is 172 Å². The number of methoxy groups -OCH3 is 3. The fraction of sp³-hybridized carbons (Fsp3) is 0.250. The lowest BCUT2D eigenvalue weighted by atomic mass is 10.2. The molecule has 0 aliphatic carbocycles. The highest BCUT2D eigenvalue weighted by molar-refractivity contribution is 7.98. The topological polar surface area (TPSA) is 92.9 Å². The number of nitrogens with zero attached hydrogens (tertiary/aromatic N) is 2. The van der Waals surface area contributed by atoms with Crippen LogP contribution in [0.2, 0.25) is 0 Å². The van der Waals surface area contributed by atoms with Crippen molar-refractivity contribution in [1.82, 2.24) is 10.2 Å². The summed E-state index contributed by atoms with van der Waals surface area (Å²) in [5, 5.41) is 7.96. The van der Waals surface area contributed by atoms with Gasteiger partial charge in [-0.25, -0.2) is 4.79 Å². The number of hydrogen-bond acceptors (Lipinski definition) is 9. The molecule has 0 amide bonds. The molecular formula is C20H20N2O6S. The second-order valence-corrected chi connectivity index (χ2v) is 6.54. The molecule has 3 aromatic rings. The first kappa shape index (κ1) is 20.5. The lowest BCUT2D eigenvalue weighted by molar-refractivity contribution is 0.0434. The smallest absolute Gasteiger partial charge is 0.339 e. The average Bonchev–Trinajstić information content (AvgIpc) is 3.25. The van der Waals surface area contributed by atoms with Crippen LogP contribution >= 0.6 is 11.8 Å². The summed E-state index contributed by atoms with van der Waals surface area (Å²) in [4.78, 5) is 13.2. The van der Waals surface area contributed by atoms with Gasteiger partial charge in [-0.3, -0.25) is 0 Å². The zero-order valence-electron chi connectivity index (χ0n) is 16.4. The molecule has 0 fully saturated rings. The highest BCUT2D eigenvalue weighted by Crippen LogP contribution is 2.40. The van der Waals surface area contributed by atoms with Crippen molar-refractivity contribution in [3.05, 3.63) is 47.9 Å². The van der Waals surface area contributed by atoms with E-state index in [0.717, 1.165) is 4.90 Å². The molecule has 0 bridgehead atoms. The molecule has 0 radical (unpaired) electrons. The summed E-state index contributed by atoms with van der Waals surface area (Å²) >= 11 is 1.47. The summed E-state index contributed by atoms with van der Waals surface area (Å²) in [7, 11) is 4.56. The molecule has 0 N–H and O–H groups in total. The maximum absolute atomic E-state index is 12.3. The minimum absolute atomic E-state index is 0.140. The summed E-state index contributed by atoms with van der Waals surface area (Å²) in [5.74, 6) is 1.33. The zero-order chi connectivity index (χ0) is 20.8. The van der Waals surface area contributed by atoms with Gasteiger partial charge in [-0.1, -0.05) is 12.1 Å². The Hall–Kier alpha value is -3.20. The maximum Gasteiger partial charge on any atom is 0.339 e. The summed E-state index contributed by atoms with van der Waals surface area (Å²) in [5.41, 5.74) is 1.07. The molecule has 0 saturated carbocycles. The molecule has 0 spiro atoms. The summed E-state index contributed by atoms with van der Waals surface area (Å²) in [6.45, 7) is -0.140. The Morgan fingerprint density at radius 3 is 2.34 bits per heavy atom. The number of carbonyl (C=O) groups excluding carboxylic acids is 1. The third kappa shape index (κ3) is 4.45. The largest absolute Gasteiger partial charge is 0.493 e. The van der Waals surface area contributed by atoms with E-state index in [4.69, 9.17) is 23.4 Å². The summed E-state index contributed by atoms with van der Waals surface area (Å²) < 4.78 is 26.9. The zero-order valence-corrected chi connectivity index (χ0v) is 17.2. The van der Waals surface area contributed by atoms with E-state index in [1.807, 2.05) is 18.4 Å². The van der Waals surface area contributed by atoms with Crippen molar-refractivity contribution in [2.75, 3.05) is 27.6 Å². The van der Waals surface area contributed by atoms with Crippen molar-refractivity contribution in [1.29, 1.82) is 0 Å². The van der Waals surface area contributed by atoms with Crippen molar-refractivity contribution in [2.24, 2.45) is 0 Å². The van der Waals surface area contributed by atoms with Crippen LogP contribution in [0.1, 0.15) is 16.2 Å². The van der Waals surface area contributed by atoms with E-state index >= 15 is 0 Å². The fourth-order valence-electron chi connectivity index (χ4n) is 2.65. The first-order chi connectivity index (χ1) is 14.1. The number of aromatic nitrogens is 2. The van der Waals surface area contributed by atoms with Gasteiger partial charge < -0.3 is 23.4 Å². The monoisotopic (exact) mass is 416 g/mol. The number of thioether (sulfide) groups is 1. The Morgan fingerprint density at radius 1 is 1.03 bits per heavy atom. The van der Waals surface area contributed by atoms with Gasteiger partial charge in [-0.2, -0.15) is 0 Å². The highest BCUT2D eigenvalue weighted by atomic mass is 32.2. The molecule has 0 unspecified atom stereocenters. The quantitative estimate of drug-likeness (QED) is 0.401. The van der Waals surface area contributed by atoms with E-state index in [0.29, 0.717) is 28.4 Å². The van der Waals surface area contributed by atoms with Gasteiger partial charge in [-0.15, -0.1) is 22.0 Å². The molecule has 1 aromatic heterocycles. The normalized spacial score (nSPS) is 10.5. The number of esters is 1. The van der Waals surface area contributed by atoms with Crippen molar-refractivity contribution < 1.29 is 28.2 Å². The first-order valence-corrected chi connectivity index (χ1v) is 9.76. The molecule has 9 heteroatoms. The fourth-order valence-corrected chi connectivity index (χ4v) is 3.24. The average molecular weight is 416 g/mol. The number of carbonyl (C=O) groups is 1. The number of ether oxygens (including phenoxy) is 4. The SMILES string of the molecule is COc1cc(-c2nnc(COC(=O)c3ccccc3SC)o2)cc(OC)c1OC. The molecular weight excluding hydrogens is 396 g/mol. The first-order valence-electron chi connectivity index (χ1n) is 8.54. The second kappa shape index (κ2) is 9.33. The Bertz CT molecular complexity index is 979. The van der Waals surface area contributed by atoms with Gasteiger partial charge in [0.25, 0.3) is 5.89 Å². The van der Waals surface area contributed by atoms with Crippen LogP contribution in [-0.2, 0) is 11.3 Å². The van der Waals surface area contributed by atoms with E-state index in [2.05, 4.69) is 10.2 Å². The predicted octanol–water partition coefficient (Wildman–Crippen LogP) is 3.84. The van der Waals surface area contributed by atoms with Gasteiger partial charge in [0.2, 0.25) is 11.6 Å². The van der Waals surface area contributed by atoms with E-state index in [1.54, 1.807) is 24.3 Å². The highest BCUT2D eigenvalue weighted by Gasteiger charge is 2.18. The maximum atomic E-state index is 12.3. The Balaban J connectivity index is 1.77. The molecule has 0 aliphatic rings. The van der Waals surface area contributed by atoms with E-state index in [1.165, 1.54) is 33.1 Å². The molecule has 3 rings (SSSR count). The van der Waals surface area contributed by atoms with E-state index < -0.39 is 5.97 Å². The van der Waals surface area contributed by atoms with Crippen LogP contribution in [0.5, 0.6) is 17.2 Å². The molecule has 0 atom stereocenters. The molecule has 8 nitrogen and oxygen atoms in total. The summed E-state index contributed by atoms with van der Waals surface area (Å²) in [6, 6.07) is 10.6. The number of rotatable bonds is 8. The summed E-state index contributed by atoms with van der Waals surface area (Å²) in [6.07, 6.45) is 1.90. The van der Waals surface area contributed by atoms with Crippen LogP contribution in [0.15, 0.2) is 45.7 Å². The van der Waals surface area contributed by atoms with Crippen molar-refractivity contribution in [2.45, 2.75) is 11.5 Å². The van der Waals surface area contributed by atoms with E-state index in [-0.39, 0.29) is 18.4 Å². The van der Waals surface area contributed by atoms with Crippen molar-refractivity contribution >= 4 is 17.7 Å². The standard InChI is InChI=1S/C20H20N2O6S/c1-24-14-9-12(10-15(25-2)18(14)26-3)19-22-21-17(28-19)11-27-20(23)13-7-5-6-8-16(13)29-4/h5-10H,11H2,1-4H3. The van der Waals surface area contributed by atoms with E-state index in [9.17, 15) is 4.79 Å². The molecule has 1 heterocycles. The van der Waals surface area contributed by atoms with Gasteiger partial charge in [-0.05, 0) is 30.5 Å². The lowest BCUT2D eigenvalue weighted by Gasteiger charge is -2.12. The van der Waals surface area contributed by atoms with Gasteiger partial charge in [0.05, 0.1) is 26.9 Å². The van der Waals surface area contributed by atoms with Crippen LogP contribution in [0.25, 0.3) is 11.5 Å². The second-order valence-electron chi connectivity index (χ2n) is 5.69. The van der Waals surface area contributed by atoms with Gasteiger partial charge in [0, 0.05) is 10.5 Å². The van der Waals surface area contributed by atoms with Crippen LogP contribution in [0, 0.1) is 0 Å². The molecule has 2 aromatic carbocycles. The molecule has 0 aliphatic heterocycles. The van der Waals surface area contributed by atoms with Crippen LogP contribution in [-0.4, -0.2) is 43.8 Å². The number of hydrogen-bond donors (Lipinski definition) is 0. The number of benzene rings is 2. The third-order valence-corrected chi connectivity index (χ3v) is 4.83. The Morgan fingerprint density at radius 2 is 1.72 bits per heavy atom. The van der Waals surface area contributed by atoms with Gasteiger partial charge >= 0.3 is 5.97 Å². The Kier molecular flexibility index (Phi) is 6.61. The van der Waals surface area contributed by atoms with Crippen molar-refractivity contribution in [3.63, 3.8) is 0 Å². The lowest BCUT2D eigenvalue weighted by Crippen LogP contribution is -2.06. The predicted molar refractivity (Wildman–Crippen MR) is 107 cm³/mol. The molecule has 0 saturated heterocycles. The molecule has 152 valence electrons. The van der Waals surface area contributed by atoms with Gasteiger partial charge in [0.15, 0.2) is 18.1 Å². The molecule has 29 heavy (non-hydrogen) atoms. The van der Waals surface area contributed by atoms with Gasteiger partial charge in [0.1, 0.15) is 0 Å². The third-order valence-electron chi connectivity index (χ3n) is 4.03. The van der Waals surface area contributed by atoms with Crippen molar-refractivity contribution in [3.8, 4) is 28.7 Å².